The quantitative estimate of drug-likeness (QED) is 0.846. The van der Waals surface area contributed by atoms with Crippen LogP contribution in [0.5, 0.6) is 0 Å². The molecule has 0 amide bonds. The lowest BCUT2D eigenvalue weighted by Gasteiger charge is -2.20. The third-order valence-corrected chi connectivity index (χ3v) is 5.75. The summed E-state index contributed by atoms with van der Waals surface area (Å²) in [6.07, 6.45) is 7.52. The molecular formula is C18H24N2S. The van der Waals surface area contributed by atoms with E-state index in [1.807, 2.05) is 12.3 Å². The standard InChI is InChI=1S/C18H24N2S/c1-2-19-18(13-21-16-7-3-4-8-16)15-9-10-17-14(12-15)6-5-11-20-17/h5-6,9-12,16,18-19H,2-4,7-8,13H2,1H3. The van der Waals surface area contributed by atoms with Gasteiger partial charge in [-0.05, 0) is 43.1 Å². The van der Waals surface area contributed by atoms with E-state index in [0.29, 0.717) is 6.04 Å². The Hall–Kier alpha value is -1.06. The molecule has 0 radical (unpaired) electrons. The second-order valence-electron chi connectivity index (χ2n) is 5.81. The fourth-order valence-electron chi connectivity index (χ4n) is 3.12. The highest BCUT2D eigenvalue weighted by Gasteiger charge is 2.18. The molecule has 1 aromatic carbocycles. The monoisotopic (exact) mass is 300 g/mol. The first-order valence-corrected chi connectivity index (χ1v) is 9.11. The summed E-state index contributed by atoms with van der Waals surface area (Å²) >= 11 is 2.15. The summed E-state index contributed by atoms with van der Waals surface area (Å²) in [6, 6.07) is 11.3. The number of rotatable bonds is 6. The summed E-state index contributed by atoms with van der Waals surface area (Å²) < 4.78 is 0. The van der Waals surface area contributed by atoms with Gasteiger partial charge in [0.1, 0.15) is 0 Å². The highest BCUT2D eigenvalue weighted by molar-refractivity contribution is 7.99. The summed E-state index contributed by atoms with van der Waals surface area (Å²) in [5.41, 5.74) is 2.47. The molecule has 0 aliphatic heterocycles. The first-order chi connectivity index (χ1) is 10.4. The lowest BCUT2D eigenvalue weighted by molar-refractivity contribution is 0.605. The molecule has 1 saturated carbocycles. The normalized spacial score (nSPS) is 17.4. The van der Waals surface area contributed by atoms with Crippen LogP contribution in [-0.4, -0.2) is 22.5 Å². The molecule has 3 rings (SSSR count). The number of pyridine rings is 1. The van der Waals surface area contributed by atoms with E-state index < -0.39 is 0 Å². The topological polar surface area (TPSA) is 24.9 Å². The number of aromatic nitrogens is 1. The summed E-state index contributed by atoms with van der Waals surface area (Å²) in [5, 5.41) is 5.77. The maximum absolute atomic E-state index is 4.41. The number of nitrogens with zero attached hydrogens (tertiary/aromatic N) is 1. The van der Waals surface area contributed by atoms with Crippen LogP contribution in [0.1, 0.15) is 44.2 Å². The van der Waals surface area contributed by atoms with E-state index in [1.54, 1.807) is 0 Å². The molecule has 1 aromatic heterocycles. The molecule has 0 spiro atoms. The van der Waals surface area contributed by atoms with Crippen molar-refractivity contribution in [3.63, 3.8) is 0 Å². The van der Waals surface area contributed by atoms with Gasteiger partial charge in [0.15, 0.2) is 0 Å². The average Bonchev–Trinajstić information content (AvgIpc) is 3.04. The Morgan fingerprint density at radius 1 is 1.29 bits per heavy atom. The second kappa shape index (κ2) is 7.28. The Bertz CT molecular complexity index is 578. The largest absolute Gasteiger partial charge is 0.310 e. The predicted octanol–water partition coefficient (Wildman–Crippen LogP) is 4.56. The van der Waals surface area contributed by atoms with Crippen LogP contribution in [0.4, 0.5) is 0 Å². The summed E-state index contributed by atoms with van der Waals surface area (Å²) in [4.78, 5) is 4.41. The van der Waals surface area contributed by atoms with Gasteiger partial charge in [-0.2, -0.15) is 11.8 Å². The minimum absolute atomic E-state index is 0.449. The van der Waals surface area contributed by atoms with Crippen molar-refractivity contribution in [2.75, 3.05) is 12.3 Å². The number of benzene rings is 1. The van der Waals surface area contributed by atoms with E-state index >= 15 is 0 Å². The van der Waals surface area contributed by atoms with Crippen molar-refractivity contribution in [2.24, 2.45) is 0 Å². The van der Waals surface area contributed by atoms with Crippen LogP contribution in [-0.2, 0) is 0 Å². The Morgan fingerprint density at radius 2 is 2.14 bits per heavy atom. The fourth-order valence-corrected chi connectivity index (χ4v) is 4.56. The first kappa shape index (κ1) is 14.9. The van der Waals surface area contributed by atoms with Gasteiger partial charge in [0.05, 0.1) is 5.52 Å². The van der Waals surface area contributed by atoms with E-state index in [4.69, 9.17) is 0 Å². The van der Waals surface area contributed by atoms with E-state index in [2.05, 4.69) is 53.3 Å². The van der Waals surface area contributed by atoms with Crippen molar-refractivity contribution in [1.82, 2.24) is 10.3 Å². The molecule has 2 nitrogen and oxygen atoms in total. The summed E-state index contributed by atoms with van der Waals surface area (Å²) in [7, 11) is 0. The van der Waals surface area contributed by atoms with Gasteiger partial charge in [-0.15, -0.1) is 0 Å². The van der Waals surface area contributed by atoms with Crippen molar-refractivity contribution in [2.45, 2.75) is 43.9 Å². The number of hydrogen-bond donors (Lipinski definition) is 1. The van der Waals surface area contributed by atoms with Crippen molar-refractivity contribution >= 4 is 22.7 Å². The van der Waals surface area contributed by atoms with Crippen LogP contribution in [0.25, 0.3) is 10.9 Å². The Kier molecular flexibility index (Phi) is 5.15. The predicted molar refractivity (Wildman–Crippen MR) is 92.9 cm³/mol. The second-order valence-corrected chi connectivity index (χ2v) is 7.14. The third-order valence-electron chi connectivity index (χ3n) is 4.28. The molecule has 1 atom stereocenters. The molecule has 1 fully saturated rings. The highest BCUT2D eigenvalue weighted by Crippen LogP contribution is 2.32. The number of thioether (sulfide) groups is 1. The van der Waals surface area contributed by atoms with Crippen LogP contribution in [0.3, 0.4) is 0 Å². The molecule has 21 heavy (non-hydrogen) atoms. The zero-order valence-electron chi connectivity index (χ0n) is 12.7. The van der Waals surface area contributed by atoms with Gasteiger partial charge in [0, 0.05) is 28.6 Å². The maximum atomic E-state index is 4.41. The van der Waals surface area contributed by atoms with Crippen molar-refractivity contribution in [1.29, 1.82) is 0 Å². The van der Waals surface area contributed by atoms with Crippen molar-refractivity contribution < 1.29 is 0 Å². The lowest BCUT2D eigenvalue weighted by atomic mass is 10.1. The van der Waals surface area contributed by atoms with Crippen molar-refractivity contribution in [3.8, 4) is 0 Å². The molecule has 112 valence electrons. The van der Waals surface area contributed by atoms with Crippen LogP contribution in [0, 0.1) is 0 Å². The van der Waals surface area contributed by atoms with Gasteiger partial charge >= 0.3 is 0 Å². The van der Waals surface area contributed by atoms with Crippen molar-refractivity contribution in [3.05, 3.63) is 42.1 Å². The molecule has 1 unspecified atom stereocenters. The Morgan fingerprint density at radius 3 is 2.95 bits per heavy atom. The molecule has 0 saturated heterocycles. The molecule has 1 aliphatic carbocycles. The van der Waals surface area contributed by atoms with E-state index in [1.165, 1.54) is 42.4 Å². The van der Waals surface area contributed by atoms with Crippen LogP contribution < -0.4 is 5.32 Å². The molecule has 1 N–H and O–H groups in total. The van der Waals surface area contributed by atoms with E-state index in [-0.39, 0.29) is 0 Å². The van der Waals surface area contributed by atoms with Gasteiger partial charge in [-0.3, -0.25) is 4.98 Å². The number of nitrogens with one attached hydrogen (secondary N) is 1. The molecule has 1 aliphatic rings. The number of hydrogen-bond acceptors (Lipinski definition) is 3. The minimum atomic E-state index is 0.449. The molecule has 1 heterocycles. The minimum Gasteiger partial charge on any atom is -0.310 e. The van der Waals surface area contributed by atoms with E-state index in [9.17, 15) is 0 Å². The Balaban J connectivity index is 1.74. The summed E-state index contributed by atoms with van der Waals surface area (Å²) in [6.45, 7) is 3.21. The maximum Gasteiger partial charge on any atom is 0.0702 e. The molecular weight excluding hydrogens is 276 g/mol. The molecule has 0 bridgehead atoms. The van der Waals surface area contributed by atoms with Gasteiger partial charge in [0.2, 0.25) is 0 Å². The van der Waals surface area contributed by atoms with Gasteiger partial charge in [-0.1, -0.05) is 31.9 Å². The number of fused-ring (bicyclic) bond motifs is 1. The Labute approximate surface area is 131 Å². The zero-order chi connectivity index (χ0) is 14.5. The fraction of sp³-hybridized carbons (Fsp3) is 0.500. The zero-order valence-corrected chi connectivity index (χ0v) is 13.5. The SMILES string of the molecule is CCNC(CSC1CCCC1)c1ccc2ncccc2c1. The smallest absolute Gasteiger partial charge is 0.0702 e. The van der Waals surface area contributed by atoms with Crippen LogP contribution in [0.15, 0.2) is 36.5 Å². The van der Waals surface area contributed by atoms with Crippen LogP contribution >= 0.6 is 11.8 Å². The van der Waals surface area contributed by atoms with Gasteiger partial charge in [-0.25, -0.2) is 0 Å². The van der Waals surface area contributed by atoms with Crippen LogP contribution in [0.2, 0.25) is 0 Å². The van der Waals surface area contributed by atoms with Gasteiger partial charge < -0.3 is 5.32 Å². The molecule has 2 aromatic rings. The van der Waals surface area contributed by atoms with Gasteiger partial charge in [0.25, 0.3) is 0 Å². The highest BCUT2D eigenvalue weighted by atomic mass is 32.2. The summed E-state index contributed by atoms with van der Waals surface area (Å²) in [5.74, 6) is 1.17. The lowest BCUT2D eigenvalue weighted by Crippen LogP contribution is -2.23. The first-order valence-electron chi connectivity index (χ1n) is 8.06. The van der Waals surface area contributed by atoms with E-state index in [0.717, 1.165) is 17.3 Å². The third kappa shape index (κ3) is 3.78. The average molecular weight is 300 g/mol. The molecule has 3 heteroatoms.